The maximum Gasteiger partial charge on any atom is 0.240 e. The topological polar surface area (TPSA) is 67.9 Å². The maximum atomic E-state index is 12.3. The second-order valence-electron chi connectivity index (χ2n) is 6.42. The molecule has 0 aliphatic carbocycles. The number of likely N-dealkylation sites (N-methyl/N-ethyl adjacent to an activating group) is 1. The van der Waals surface area contributed by atoms with E-state index in [-0.39, 0.29) is 16.6 Å². The number of hydrogen-bond acceptors (Lipinski definition) is 5. The Kier molecular flexibility index (Phi) is 5.03. The Bertz CT molecular complexity index is 622. The highest BCUT2D eigenvalue weighted by Crippen LogP contribution is 2.32. The first kappa shape index (κ1) is 16.9. The van der Waals surface area contributed by atoms with Gasteiger partial charge in [-0.3, -0.25) is 0 Å². The summed E-state index contributed by atoms with van der Waals surface area (Å²) in [6.07, 6.45) is 1.63. The number of ether oxygens (including phenoxy) is 2. The van der Waals surface area contributed by atoms with Crippen molar-refractivity contribution in [2.45, 2.75) is 29.4 Å². The lowest BCUT2D eigenvalue weighted by atomic mass is 10.0. The van der Waals surface area contributed by atoms with Gasteiger partial charge in [0, 0.05) is 19.6 Å². The molecule has 2 atom stereocenters. The summed E-state index contributed by atoms with van der Waals surface area (Å²) in [5.41, 5.74) is -0.298. The van der Waals surface area contributed by atoms with Crippen molar-refractivity contribution in [3.8, 4) is 0 Å². The molecule has 1 aromatic rings. The molecule has 2 aliphatic rings. The van der Waals surface area contributed by atoms with E-state index in [0.717, 1.165) is 25.9 Å². The summed E-state index contributed by atoms with van der Waals surface area (Å²) in [5, 5.41) is 0. The molecule has 0 amide bonds. The second kappa shape index (κ2) is 6.86. The van der Waals surface area contributed by atoms with E-state index < -0.39 is 10.0 Å². The third kappa shape index (κ3) is 4.10. The third-order valence-corrected chi connectivity index (χ3v) is 5.87. The molecule has 0 aromatic heterocycles. The molecule has 2 unspecified atom stereocenters. The summed E-state index contributed by atoms with van der Waals surface area (Å²) < 4.78 is 39.0. The van der Waals surface area contributed by atoms with Crippen LogP contribution in [0.1, 0.15) is 12.8 Å². The summed E-state index contributed by atoms with van der Waals surface area (Å²) in [5.74, 6) is 0. The van der Waals surface area contributed by atoms with Crippen molar-refractivity contribution in [3.05, 3.63) is 30.3 Å². The fraction of sp³-hybridized carbons (Fsp3) is 0.625. The quantitative estimate of drug-likeness (QED) is 0.880. The van der Waals surface area contributed by atoms with Gasteiger partial charge in [-0.05, 0) is 32.0 Å². The van der Waals surface area contributed by atoms with Crippen molar-refractivity contribution < 1.29 is 17.9 Å². The fourth-order valence-corrected chi connectivity index (χ4v) is 4.33. The predicted octanol–water partition coefficient (Wildman–Crippen LogP) is 0.845. The van der Waals surface area contributed by atoms with E-state index in [0.29, 0.717) is 19.8 Å². The van der Waals surface area contributed by atoms with E-state index in [1.807, 2.05) is 0 Å². The van der Waals surface area contributed by atoms with Gasteiger partial charge in [0.25, 0.3) is 0 Å². The van der Waals surface area contributed by atoms with Crippen molar-refractivity contribution in [2.75, 3.05) is 39.9 Å². The van der Waals surface area contributed by atoms with Crippen LogP contribution in [0.4, 0.5) is 0 Å². The second-order valence-corrected chi connectivity index (χ2v) is 8.18. The minimum atomic E-state index is -3.48. The molecule has 7 heteroatoms. The van der Waals surface area contributed by atoms with Crippen LogP contribution in [-0.4, -0.2) is 64.9 Å². The monoisotopic (exact) mass is 340 g/mol. The number of rotatable bonds is 4. The van der Waals surface area contributed by atoms with Crippen LogP contribution >= 0.6 is 0 Å². The van der Waals surface area contributed by atoms with Gasteiger partial charge in [-0.1, -0.05) is 18.2 Å². The molecule has 23 heavy (non-hydrogen) atoms. The third-order valence-electron chi connectivity index (χ3n) is 4.43. The van der Waals surface area contributed by atoms with E-state index in [9.17, 15) is 8.42 Å². The standard InChI is InChI=1S/C16H24N2O4S/c1-18-9-10-21-13-16(12-18)8-7-14(22-16)11-17-23(19,20)15-5-3-2-4-6-15/h2-6,14,17H,7-13H2,1H3. The fourth-order valence-electron chi connectivity index (χ4n) is 3.24. The smallest absolute Gasteiger partial charge is 0.240 e. The summed E-state index contributed by atoms with van der Waals surface area (Å²) in [6, 6.07) is 8.41. The average Bonchev–Trinajstić information content (AvgIpc) is 2.84. The average molecular weight is 340 g/mol. The highest BCUT2D eigenvalue weighted by molar-refractivity contribution is 7.89. The zero-order valence-electron chi connectivity index (χ0n) is 13.4. The molecule has 0 saturated carbocycles. The van der Waals surface area contributed by atoms with Crippen LogP contribution in [0.25, 0.3) is 0 Å². The van der Waals surface area contributed by atoms with E-state index in [4.69, 9.17) is 9.47 Å². The lowest BCUT2D eigenvalue weighted by Crippen LogP contribution is -2.44. The number of nitrogens with zero attached hydrogens (tertiary/aromatic N) is 1. The SMILES string of the molecule is CN1CCOCC2(CCC(CNS(=O)(=O)c3ccccc3)O2)C1. The minimum absolute atomic E-state index is 0.108. The van der Waals surface area contributed by atoms with Gasteiger partial charge in [0.15, 0.2) is 0 Å². The molecule has 1 aromatic carbocycles. The first-order valence-electron chi connectivity index (χ1n) is 7.98. The first-order valence-corrected chi connectivity index (χ1v) is 9.46. The minimum Gasteiger partial charge on any atom is -0.377 e. The first-order chi connectivity index (χ1) is 11.0. The number of benzene rings is 1. The molecular weight excluding hydrogens is 316 g/mol. The van der Waals surface area contributed by atoms with Crippen LogP contribution in [0.3, 0.4) is 0 Å². The van der Waals surface area contributed by atoms with Gasteiger partial charge >= 0.3 is 0 Å². The van der Waals surface area contributed by atoms with E-state index in [1.165, 1.54) is 0 Å². The Balaban J connectivity index is 1.58. The van der Waals surface area contributed by atoms with Gasteiger partial charge in [0.2, 0.25) is 10.0 Å². The van der Waals surface area contributed by atoms with Gasteiger partial charge in [0.1, 0.15) is 5.60 Å². The Hall–Kier alpha value is -0.990. The van der Waals surface area contributed by atoms with Crippen molar-refractivity contribution in [2.24, 2.45) is 0 Å². The van der Waals surface area contributed by atoms with Crippen LogP contribution in [0, 0.1) is 0 Å². The van der Waals surface area contributed by atoms with Gasteiger partial charge in [-0.25, -0.2) is 13.1 Å². The molecule has 128 valence electrons. The Morgan fingerprint density at radius 3 is 2.91 bits per heavy atom. The van der Waals surface area contributed by atoms with Gasteiger partial charge in [0.05, 0.1) is 24.2 Å². The number of sulfonamides is 1. The van der Waals surface area contributed by atoms with E-state index in [1.54, 1.807) is 30.3 Å². The molecular formula is C16H24N2O4S. The highest BCUT2D eigenvalue weighted by atomic mass is 32.2. The molecule has 1 spiro atoms. The van der Waals surface area contributed by atoms with Crippen molar-refractivity contribution >= 4 is 10.0 Å². The zero-order chi connectivity index (χ0) is 16.3. The Labute approximate surface area is 137 Å². The lowest BCUT2D eigenvalue weighted by Gasteiger charge is -2.30. The Morgan fingerprint density at radius 1 is 1.35 bits per heavy atom. The highest BCUT2D eigenvalue weighted by Gasteiger charge is 2.42. The Morgan fingerprint density at radius 2 is 2.13 bits per heavy atom. The molecule has 6 nitrogen and oxygen atoms in total. The molecule has 2 fully saturated rings. The number of hydrogen-bond donors (Lipinski definition) is 1. The van der Waals surface area contributed by atoms with Crippen molar-refractivity contribution in [1.29, 1.82) is 0 Å². The van der Waals surface area contributed by atoms with Crippen molar-refractivity contribution in [1.82, 2.24) is 9.62 Å². The summed E-state index contributed by atoms with van der Waals surface area (Å²) in [7, 11) is -1.42. The van der Waals surface area contributed by atoms with E-state index >= 15 is 0 Å². The predicted molar refractivity (Wildman–Crippen MR) is 86.8 cm³/mol. The van der Waals surface area contributed by atoms with Crippen LogP contribution < -0.4 is 4.72 Å². The molecule has 0 radical (unpaired) electrons. The van der Waals surface area contributed by atoms with E-state index in [2.05, 4.69) is 16.7 Å². The number of nitrogens with one attached hydrogen (secondary N) is 1. The largest absolute Gasteiger partial charge is 0.377 e. The summed E-state index contributed by atoms with van der Waals surface area (Å²) in [6.45, 7) is 3.32. The molecule has 1 N–H and O–H groups in total. The summed E-state index contributed by atoms with van der Waals surface area (Å²) >= 11 is 0. The van der Waals surface area contributed by atoms with Crippen molar-refractivity contribution in [3.63, 3.8) is 0 Å². The molecule has 3 rings (SSSR count). The van der Waals surface area contributed by atoms with Gasteiger partial charge in [-0.2, -0.15) is 0 Å². The molecule has 2 heterocycles. The maximum absolute atomic E-state index is 12.3. The van der Waals surface area contributed by atoms with Crippen LogP contribution in [0.15, 0.2) is 35.2 Å². The van der Waals surface area contributed by atoms with Crippen LogP contribution in [0.2, 0.25) is 0 Å². The molecule has 0 bridgehead atoms. The lowest BCUT2D eigenvalue weighted by molar-refractivity contribution is -0.0824. The van der Waals surface area contributed by atoms with Gasteiger partial charge < -0.3 is 14.4 Å². The molecule has 2 saturated heterocycles. The van der Waals surface area contributed by atoms with Gasteiger partial charge in [-0.15, -0.1) is 0 Å². The normalized spacial score (nSPS) is 29.7. The van der Waals surface area contributed by atoms with Crippen LogP contribution in [0.5, 0.6) is 0 Å². The summed E-state index contributed by atoms with van der Waals surface area (Å²) in [4.78, 5) is 2.49. The van der Waals surface area contributed by atoms with Crippen LogP contribution in [-0.2, 0) is 19.5 Å². The molecule has 2 aliphatic heterocycles. The zero-order valence-corrected chi connectivity index (χ0v) is 14.2.